The average molecular weight is 282 g/mol. The van der Waals surface area contributed by atoms with Crippen LogP contribution >= 0.6 is 12.2 Å². The van der Waals surface area contributed by atoms with Crippen molar-refractivity contribution in [3.8, 4) is 0 Å². The number of carbonyl (C=O) groups excluding carboxylic acids is 1. The van der Waals surface area contributed by atoms with Crippen molar-refractivity contribution in [2.75, 3.05) is 6.54 Å². The molecule has 0 saturated heterocycles. The predicted molar refractivity (Wildman–Crippen MR) is 81.7 cm³/mol. The molecule has 3 N–H and O–H groups in total. The van der Waals surface area contributed by atoms with Crippen LogP contribution in [-0.2, 0) is 4.79 Å². The number of hydrogen-bond donors (Lipinski definition) is 2. The minimum absolute atomic E-state index is 0.0519. The van der Waals surface area contributed by atoms with Crippen LogP contribution in [0.2, 0.25) is 0 Å². The van der Waals surface area contributed by atoms with Crippen LogP contribution in [0, 0.1) is 22.2 Å². The molecule has 0 atom stereocenters. The lowest BCUT2D eigenvalue weighted by Crippen LogP contribution is -2.47. The van der Waals surface area contributed by atoms with Gasteiger partial charge in [-0.05, 0) is 29.6 Å². The zero-order valence-corrected chi connectivity index (χ0v) is 13.3. The van der Waals surface area contributed by atoms with Crippen molar-refractivity contribution in [3.63, 3.8) is 0 Å². The Morgan fingerprint density at radius 2 is 1.68 bits per heavy atom. The van der Waals surface area contributed by atoms with E-state index >= 15 is 0 Å². The molecule has 0 radical (unpaired) electrons. The normalized spacial score (nSPS) is 26.9. The van der Waals surface area contributed by atoms with Gasteiger partial charge < -0.3 is 11.1 Å². The minimum atomic E-state index is -0.571. The van der Waals surface area contributed by atoms with Crippen LogP contribution in [0.3, 0.4) is 0 Å². The topological polar surface area (TPSA) is 55.1 Å². The molecule has 0 aromatic carbocycles. The van der Waals surface area contributed by atoms with Crippen LogP contribution in [0.5, 0.6) is 0 Å². The van der Waals surface area contributed by atoms with Gasteiger partial charge in [-0.1, -0.05) is 52.8 Å². The molecule has 19 heavy (non-hydrogen) atoms. The van der Waals surface area contributed by atoms with Gasteiger partial charge in [-0.2, -0.15) is 0 Å². The number of rotatable bonds is 4. The van der Waals surface area contributed by atoms with E-state index in [1.54, 1.807) is 0 Å². The van der Waals surface area contributed by atoms with Crippen molar-refractivity contribution < 1.29 is 4.79 Å². The molecule has 0 spiro atoms. The first kappa shape index (κ1) is 14.8. The fourth-order valence-corrected chi connectivity index (χ4v) is 4.07. The highest BCUT2D eigenvalue weighted by Gasteiger charge is 2.64. The Bertz CT molecular complexity index is 394. The lowest BCUT2D eigenvalue weighted by molar-refractivity contribution is -0.127. The largest absolute Gasteiger partial charge is 0.392 e. The van der Waals surface area contributed by atoms with Gasteiger partial charge in [-0.25, -0.2) is 0 Å². The van der Waals surface area contributed by atoms with Gasteiger partial charge in [0.15, 0.2) is 0 Å². The second-order valence-corrected chi connectivity index (χ2v) is 7.80. The van der Waals surface area contributed by atoms with Gasteiger partial charge in [-0.3, -0.25) is 4.79 Å². The van der Waals surface area contributed by atoms with Gasteiger partial charge >= 0.3 is 0 Å². The fourth-order valence-electron chi connectivity index (χ4n) is 3.77. The Hall–Kier alpha value is -0.640. The second-order valence-electron chi connectivity index (χ2n) is 7.36. The van der Waals surface area contributed by atoms with Crippen molar-refractivity contribution in [2.45, 2.75) is 53.4 Å². The summed E-state index contributed by atoms with van der Waals surface area (Å²) in [6, 6.07) is 0. The monoisotopic (exact) mass is 282 g/mol. The highest BCUT2D eigenvalue weighted by Crippen LogP contribution is 2.67. The van der Waals surface area contributed by atoms with Gasteiger partial charge in [-0.15, -0.1) is 0 Å². The first-order chi connectivity index (χ1) is 8.66. The quantitative estimate of drug-likeness (QED) is 0.779. The van der Waals surface area contributed by atoms with E-state index < -0.39 is 5.41 Å². The average Bonchev–Trinajstić information content (AvgIpc) is 2.73. The fraction of sp³-hybridized carbons (Fsp3) is 0.867. The molecule has 1 amide bonds. The van der Waals surface area contributed by atoms with Gasteiger partial charge in [0.2, 0.25) is 5.91 Å². The van der Waals surface area contributed by atoms with E-state index in [0.29, 0.717) is 21.7 Å². The molecule has 0 heterocycles. The van der Waals surface area contributed by atoms with Crippen LogP contribution in [-0.4, -0.2) is 17.4 Å². The summed E-state index contributed by atoms with van der Waals surface area (Å²) < 4.78 is 0. The number of amides is 1. The third-order valence-electron chi connectivity index (χ3n) is 6.15. The van der Waals surface area contributed by atoms with E-state index in [1.165, 1.54) is 0 Å². The van der Waals surface area contributed by atoms with Crippen molar-refractivity contribution >= 4 is 23.1 Å². The summed E-state index contributed by atoms with van der Waals surface area (Å²) >= 11 is 5.15. The molecule has 3 nitrogen and oxygen atoms in total. The molecule has 0 aliphatic heterocycles. The van der Waals surface area contributed by atoms with Crippen LogP contribution in [0.25, 0.3) is 0 Å². The third kappa shape index (κ3) is 2.08. The molecule has 2 rings (SSSR count). The van der Waals surface area contributed by atoms with Crippen LogP contribution in [0.15, 0.2) is 0 Å². The summed E-state index contributed by atoms with van der Waals surface area (Å²) in [5.74, 6) is 0.588. The lowest BCUT2D eigenvalue weighted by Gasteiger charge is -2.26. The molecule has 2 aliphatic rings. The summed E-state index contributed by atoms with van der Waals surface area (Å²) in [7, 11) is 0. The summed E-state index contributed by atoms with van der Waals surface area (Å²) in [6.07, 6.45) is 3.72. The van der Waals surface area contributed by atoms with E-state index in [2.05, 4.69) is 33.0 Å². The summed E-state index contributed by atoms with van der Waals surface area (Å²) in [6.45, 7) is 9.81. The van der Waals surface area contributed by atoms with Gasteiger partial charge in [0.05, 0.1) is 10.4 Å². The second kappa shape index (κ2) is 4.44. The Morgan fingerprint density at radius 1 is 1.21 bits per heavy atom. The predicted octanol–water partition coefficient (Wildman–Crippen LogP) is 2.63. The zero-order valence-electron chi connectivity index (χ0n) is 12.5. The van der Waals surface area contributed by atoms with Crippen molar-refractivity contribution in [1.82, 2.24) is 5.32 Å². The van der Waals surface area contributed by atoms with Crippen LogP contribution in [0.1, 0.15) is 53.4 Å². The first-order valence-corrected chi connectivity index (χ1v) is 7.65. The van der Waals surface area contributed by atoms with Crippen molar-refractivity contribution in [3.05, 3.63) is 0 Å². The zero-order chi connectivity index (χ0) is 14.5. The smallest absolute Gasteiger partial charge is 0.233 e. The molecular formula is C15H26N2OS. The number of nitrogens with one attached hydrogen (secondary N) is 1. The van der Waals surface area contributed by atoms with E-state index in [4.69, 9.17) is 18.0 Å². The summed E-state index contributed by atoms with van der Waals surface area (Å²) in [4.78, 5) is 12.9. The Balaban J connectivity index is 1.97. The SMILES string of the molecule is CC1(C)C(CNC(=O)C2(C(N)=S)CCCC2)C1(C)C. The molecule has 0 aromatic rings. The van der Waals surface area contributed by atoms with Crippen molar-refractivity contribution in [2.24, 2.45) is 27.9 Å². The highest BCUT2D eigenvalue weighted by molar-refractivity contribution is 7.80. The molecule has 2 saturated carbocycles. The molecule has 4 heteroatoms. The Kier molecular flexibility index (Phi) is 3.45. The third-order valence-corrected chi connectivity index (χ3v) is 6.54. The number of hydrogen-bond acceptors (Lipinski definition) is 2. The van der Waals surface area contributed by atoms with E-state index in [1.807, 2.05) is 0 Å². The molecular weight excluding hydrogens is 256 g/mol. The number of carbonyl (C=O) groups is 1. The van der Waals surface area contributed by atoms with Gasteiger partial charge in [0.1, 0.15) is 0 Å². The Morgan fingerprint density at radius 3 is 2.05 bits per heavy atom. The summed E-state index contributed by atoms with van der Waals surface area (Å²) in [5, 5.41) is 3.11. The number of nitrogens with two attached hydrogens (primary N) is 1. The molecule has 2 fully saturated rings. The van der Waals surface area contributed by atoms with Crippen LogP contribution in [0.4, 0.5) is 0 Å². The molecule has 2 aliphatic carbocycles. The van der Waals surface area contributed by atoms with E-state index in [-0.39, 0.29) is 5.91 Å². The van der Waals surface area contributed by atoms with Gasteiger partial charge in [0, 0.05) is 6.54 Å². The highest BCUT2D eigenvalue weighted by atomic mass is 32.1. The van der Waals surface area contributed by atoms with Crippen molar-refractivity contribution in [1.29, 1.82) is 0 Å². The molecule has 0 unspecified atom stereocenters. The van der Waals surface area contributed by atoms with E-state index in [0.717, 1.165) is 32.2 Å². The lowest BCUT2D eigenvalue weighted by atomic mass is 9.85. The molecule has 0 aromatic heterocycles. The number of thiocarbonyl (C=S) groups is 1. The first-order valence-electron chi connectivity index (χ1n) is 7.24. The van der Waals surface area contributed by atoms with E-state index in [9.17, 15) is 4.79 Å². The van der Waals surface area contributed by atoms with Crippen LogP contribution < -0.4 is 11.1 Å². The Labute approximate surface area is 121 Å². The minimum Gasteiger partial charge on any atom is -0.392 e. The summed E-state index contributed by atoms with van der Waals surface area (Å²) in [5.41, 5.74) is 5.86. The van der Waals surface area contributed by atoms with Gasteiger partial charge in [0.25, 0.3) is 0 Å². The standard InChI is InChI=1S/C15H26N2OS/c1-13(2)10(14(13,3)4)9-17-12(18)15(11(16)19)7-5-6-8-15/h10H,5-9H2,1-4H3,(H2,16,19)(H,17,18). The maximum Gasteiger partial charge on any atom is 0.233 e. The molecule has 0 bridgehead atoms. The molecule has 108 valence electrons. The maximum atomic E-state index is 12.5. The maximum absolute atomic E-state index is 12.5.